The highest BCUT2D eigenvalue weighted by atomic mass is 16.3. The second kappa shape index (κ2) is 10.3. The third kappa shape index (κ3) is 4.18. The molecule has 3 heteroatoms. The summed E-state index contributed by atoms with van der Waals surface area (Å²) in [5.41, 5.74) is 5.28. The van der Waals surface area contributed by atoms with Crippen LogP contribution in [-0.2, 0) is 5.41 Å². The topological polar surface area (TPSA) is 43.7 Å². The van der Waals surface area contributed by atoms with E-state index in [4.69, 9.17) is 0 Å². The van der Waals surface area contributed by atoms with E-state index < -0.39 is 5.41 Å². The van der Waals surface area contributed by atoms with E-state index in [0.717, 1.165) is 11.3 Å². The third-order valence-electron chi connectivity index (χ3n) is 6.03. The van der Waals surface area contributed by atoms with Gasteiger partial charge in [0.15, 0.2) is 0 Å². The quantitative estimate of drug-likeness (QED) is 0.378. The molecule has 0 fully saturated rings. The Balaban J connectivity index is 1.94. The van der Waals surface area contributed by atoms with Crippen molar-refractivity contribution in [2.24, 2.45) is 0 Å². The molecule has 0 atom stereocenters. The second-order valence-corrected chi connectivity index (χ2v) is 7.83. The first-order valence-corrected chi connectivity index (χ1v) is 11.0. The van der Waals surface area contributed by atoms with Gasteiger partial charge in [-0.1, -0.05) is 103 Å². The van der Waals surface area contributed by atoms with Gasteiger partial charge in [-0.25, -0.2) is 0 Å². The molecule has 2 N–H and O–H groups in total. The molecule has 32 heavy (non-hydrogen) atoms. The zero-order valence-corrected chi connectivity index (χ0v) is 18.1. The summed E-state index contributed by atoms with van der Waals surface area (Å²) < 4.78 is 0. The Morgan fingerprint density at radius 1 is 0.469 bits per heavy atom. The fourth-order valence-electron chi connectivity index (χ4n) is 4.60. The normalized spacial score (nSPS) is 11.3. The van der Waals surface area contributed by atoms with Crippen LogP contribution in [0.4, 0.5) is 5.69 Å². The van der Waals surface area contributed by atoms with E-state index >= 15 is 0 Å². The highest BCUT2D eigenvalue weighted by Gasteiger charge is 2.38. The predicted octanol–water partition coefficient (Wildman–Crippen LogP) is 4.86. The largest absolute Gasteiger partial charge is 0.395 e. The fraction of sp³-hybridized carbons (Fsp3) is 0.172. The smallest absolute Gasteiger partial charge is 0.0701 e. The van der Waals surface area contributed by atoms with E-state index in [1.54, 1.807) is 0 Å². The summed E-state index contributed by atoms with van der Waals surface area (Å²) in [6.45, 7) is 1.07. The molecule has 0 aliphatic rings. The van der Waals surface area contributed by atoms with E-state index in [9.17, 15) is 10.2 Å². The molecule has 4 rings (SSSR count). The molecule has 0 radical (unpaired) electrons. The lowest BCUT2D eigenvalue weighted by molar-refractivity contribution is 0.281. The lowest BCUT2D eigenvalue weighted by Gasteiger charge is -2.37. The molecule has 0 spiro atoms. The molecule has 0 bridgehead atoms. The van der Waals surface area contributed by atoms with Gasteiger partial charge in [-0.2, -0.15) is 0 Å². The number of anilines is 1. The first-order chi connectivity index (χ1) is 15.8. The average Bonchev–Trinajstić information content (AvgIpc) is 2.87. The lowest BCUT2D eigenvalue weighted by atomic mass is 9.65. The minimum Gasteiger partial charge on any atom is -0.395 e. The molecular weight excluding hydrogens is 394 g/mol. The van der Waals surface area contributed by atoms with Crippen molar-refractivity contribution in [3.05, 3.63) is 138 Å². The van der Waals surface area contributed by atoms with Gasteiger partial charge in [0.1, 0.15) is 0 Å². The molecule has 0 aliphatic carbocycles. The van der Waals surface area contributed by atoms with Crippen molar-refractivity contribution >= 4 is 5.69 Å². The van der Waals surface area contributed by atoms with E-state index in [1.165, 1.54) is 16.7 Å². The fourth-order valence-corrected chi connectivity index (χ4v) is 4.60. The van der Waals surface area contributed by atoms with Crippen LogP contribution in [0.3, 0.4) is 0 Å². The molecule has 162 valence electrons. The van der Waals surface area contributed by atoms with Crippen LogP contribution >= 0.6 is 0 Å². The monoisotopic (exact) mass is 423 g/mol. The van der Waals surface area contributed by atoms with Gasteiger partial charge in [-0.05, 0) is 34.4 Å². The Kier molecular flexibility index (Phi) is 7.00. The predicted molar refractivity (Wildman–Crippen MR) is 131 cm³/mol. The molecule has 0 aromatic heterocycles. The van der Waals surface area contributed by atoms with Crippen LogP contribution < -0.4 is 4.90 Å². The van der Waals surface area contributed by atoms with Gasteiger partial charge in [0.2, 0.25) is 0 Å². The SMILES string of the molecule is OCCN(CCO)c1ccc(C(c2ccccc2)(c2ccccc2)c2ccccc2)cc1. The van der Waals surface area contributed by atoms with Crippen LogP contribution in [0.2, 0.25) is 0 Å². The van der Waals surface area contributed by atoms with Crippen molar-refractivity contribution in [2.75, 3.05) is 31.2 Å². The summed E-state index contributed by atoms with van der Waals surface area (Å²) in [5.74, 6) is 0. The first-order valence-electron chi connectivity index (χ1n) is 11.0. The van der Waals surface area contributed by atoms with Gasteiger partial charge < -0.3 is 15.1 Å². The minimum absolute atomic E-state index is 0.0454. The van der Waals surface area contributed by atoms with Crippen molar-refractivity contribution < 1.29 is 10.2 Å². The maximum atomic E-state index is 9.43. The maximum Gasteiger partial charge on any atom is 0.0701 e. The van der Waals surface area contributed by atoms with E-state index in [0.29, 0.717) is 13.1 Å². The van der Waals surface area contributed by atoms with E-state index in [2.05, 4.69) is 115 Å². The van der Waals surface area contributed by atoms with Crippen LogP contribution in [-0.4, -0.2) is 36.5 Å². The molecule has 0 saturated heterocycles. The van der Waals surface area contributed by atoms with Gasteiger partial charge in [0, 0.05) is 18.8 Å². The zero-order valence-electron chi connectivity index (χ0n) is 18.1. The lowest BCUT2D eigenvalue weighted by Crippen LogP contribution is -2.32. The van der Waals surface area contributed by atoms with Crippen LogP contribution in [0.5, 0.6) is 0 Å². The van der Waals surface area contributed by atoms with Crippen LogP contribution in [0, 0.1) is 0 Å². The van der Waals surface area contributed by atoms with Gasteiger partial charge >= 0.3 is 0 Å². The second-order valence-electron chi connectivity index (χ2n) is 7.83. The summed E-state index contributed by atoms with van der Waals surface area (Å²) in [7, 11) is 0. The van der Waals surface area contributed by atoms with E-state index in [-0.39, 0.29) is 13.2 Å². The molecule has 0 saturated carbocycles. The summed E-state index contributed by atoms with van der Waals surface area (Å²) >= 11 is 0. The Labute approximate surface area is 190 Å². The van der Waals surface area contributed by atoms with Gasteiger partial charge in [-0.15, -0.1) is 0 Å². The molecule has 0 aliphatic heterocycles. The van der Waals surface area contributed by atoms with Crippen molar-refractivity contribution in [1.29, 1.82) is 0 Å². The van der Waals surface area contributed by atoms with Crippen molar-refractivity contribution in [3.63, 3.8) is 0 Å². The number of aliphatic hydroxyl groups is 2. The van der Waals surface area contributed by atoms with Crippen LogP contribution in [0.25, 0.3) is 0 Å². The highest BCUT2D eigenvalue weighted by molar-refractivity contribution is 5.61. The maximum absolute atomic E-state index is 9.43. The molecule has 0 unspecified atom stereocenters. The standard InChI is InChI=1S/C29H29NO2/c31-22-20-30(21-23-32)28-18-16-27(17-19-28)29(24-10-4-1-5-11-24,25-12-6-2-7-13-25)26-14-8-3-9-15-26/h1-19,31-32H,20-23H2. The van der Waals surface area contributed by atoms with Crippen LogP contribution in [0.15, 0.2) is 115 Å². The number of rotatable bonds is 9. The van der Waals surface area contributed by atoms with Gasteiger partial charge in [0.25, 0.3) is 0 Å². The highest BCUT2D eigenvalue weighted by Crippen LogP contribution is 2.45. The van der Waals surface area contributed by atoms with Gasteiger partial charge in [-0.3, -0.25) is 0 Å². The van der Waals surface area contributed by atoms with Crippen molar-refractivity contribution in [2.45, 2.75) is 5.41 Å². The third-order valence-corrected chi connectivity index (χ3v) is 6.03. The van der Waals surface area contributed by atoms with Gasteiger partial charge in [0.05, 0.1) is 18.6 Å². The summed E-state index contributed by atoms with van der Waals surface area (Å²) in [5, 5.41) is 18.9. The molecule has 4 aromatic rings. The van der Waals surface area contributed by atoms with Crippen molar-refractivity contribution in [1.82, 2.24) is 0 Å². The van der Waals surface area contributed by atoms with E-state index in [1.807, 2.05) is 4.90 Å². The number of nitrogens with zero attached hydrogens (tertiary/aromatic N) is 1. The number of aliphatic hydroxyl groups excluding tert-OH is 2. The summed E-state index contributed by atoms with van der Waals surface area (Å²) in [6, 6.07) is 40.4. The Morgan fingerprint density at radius 3 is 1.16 bits per heavy atom. The average molecular weight is 424 g/mol. The summed E-state index contributed by atoms with van der Waals surface area (Å²) in [4.78, 5) is 2.00. The Hall–Kier alpha value is -3.40. The molecular formula is C29H29NO2. The zero-order chi connectivity index (χ0) is 22.2. The van der Waals surface area contributed by atoms with Crippen molar-refractivity contribution in [3.8, 4) is 0 Å². The Bertz CT molecular complexity index is 978. The number of hydrogen-bond acceptors (Lipinski definition) is 3. The first kappa shape index (κ1) is 21.8. The minimum atomic E-state index is -0.471. The Morgan fingerprint density at radius 2 is 0.812 bits per heavy atom. The molecule has 0 amide bonds. The number of hydrogen-bond donors (Lipinski definition) is 2. The molecule has 0 heterocycles. The molecule has 3 nitrogen and oxygen atoms in total. The summed E-state index contributed by atoms with van der Waals surface area (Å²) in [6.07, 6.45) is 0. The van der Waals surface area contributed by atoms with Crippen LogP contribution in [0.1, 0.15) is 22.3 Å². The molecule has 4 aromatic carbocycles. The number of benzene rings is 4.